The van der Waals surface area contributed by atoms with Gasteiger partial charge < -0.3 is 10.4 Å². The Hall–Kier alpha value is -1.61. The van der Waals surface area contributed by atoms with Gasteiger partial charge >= 0.3 is 5.97 Å². The first kappa shape index (κ1) is 12.5. The third kappa shape index (κ3) is 2.94. The Morgan fingerprint density at radius 2 is 2.31 bits per heavy atom. The van der Waals surface area contributed by atoms with E-state index >= 15 is 0 Å². The topological polar surface area (TPSA) is 73.1 Å². The van der Waals surface area contributed by atoms with E-state index in [0.717, 1.165) is 0 Å². The molecule has 0 aliphatic carbocycles. The quantitative estimate of drug-likeness (QED) is 0.891. The molecule has 1 aromatic carbocycles. The van der Waals surface area contributed by atoms with Crippen LogP contribution in [0.2, 0.25) is 0 Å². The average molecular weight is 287 g/mol. The van der Waals surface area contributed by atoms with Gasteiger partial charge in [0.15, 0.2) is 5.82 Å². The van der Waals surface area contributed by atoms with E-state index in [4.69, 9.17) is 10.4 Å². The van der Waals surface area contributed by atoms with E-state index in [9.17, 15) is 9.18 Å². The van der Waals surface area contributed by atoms with Crippen LogP contribution in [0.1, 0.15) is 12.0 Å². The van der Waals surface area contributed by atoms with Gasteiger partial charge in [0.25, 0.3) is 0 Å². The van der Waals surface area contributed by atoms with Gasteiger partial charge in [-0.15, -0.1) is 0 Å². The van der Waals surface area contributed by atoms with Crippen LogP contribution in [-0.4, -0.2) is 17.6 Å². The SMILES string of the molecule is N#Cc1ccc(NCCC(=O)O)c(F)c1Br. The maximum Gasteiger partial charge on any atom is 0.305 e. The van der Waals surface area contributed by atoms with Crippen LogP contribution in [0.5, 0.6) is 0 Å². The van der Waals surface area contributed by atoms with Crippen molar-refractivity contribution >= 4 is 27.6 Å². The van der Waals surface area contributed by atoms with Crippen LogP contribution >= 0.6 is 15.9 Å². The third-order valence-electron chi connectivity index (χ3n) is 1.86. The van der Waals surface area contributed by atoms with Crippen LogP contribution in [0.3, 0.4) is 0 Å². The number of rotatable bonds is 4. The standard InChI is InChI=1S/C10H8BrFN2O2/c11-9-6(5-13)1-2-7(10(9)12)14-4-3-8(15)16/h1-2,14H,3-4H2,(H,15,16). The number of nitrogens with one attached hydrogen (secondary N) is 1. The summed E-state index contributed by atoms with van der Waals surface area (Å²) in [5, 5.41) is 19.7. The monoisotopic (exact) mass is 286 g/mol. The minimum absolute atomic E-state index is 0.0790. The minimum Gasteiger partial charge on any atom is -0.481 e. The molecule has 0 fully saturated rings. The smallest absolute Gasteiger partial charge is 0.305 e. The lowest BCUT2D eigenvalue weighted by Crippen LogP contribution is -2.09. The lowest BCUT2D eigenvalue weighted by Gasteiger charge is -2.07. The summed E-state index contributed by atoms with van der Waals surface area (Å²) in [6, 6.07) is 4.69. The molecule has 1 rings (SSSR count). The first-order valence-corrected chi connectivity index (χ1v) is 5.19. The Balaban J connectivity index is 2.79. The Kier molecular flexibility index (Phi) is 4.26. The molecule has 2 N–H and O–H groups in total. The van der Waals surface area contributed by atoms with Crippen molar-refractivity contribution in [2.75, 3.05) is 11.9 Å². The summed E-state index contributed by atoms with van der Waals surface area (Å²) in [5.74, 6) is -1.55. The van der Waals surface area contributed by atoms with E-state index in [1.807, 2.05) is 6.07 Å². The van der Waals surface area contributed by atoms with E-state index in [1.165, 1.54) is 12.1 Å². The molecule has 0 aliphatic heterocycles. The Labute approximate surface area is 99.8 Å². The summed E-state index contributed by atoms with van der Waals surface area (Å²) in [6.07, 6.45) is -0.100. The van der Waals surface area contributed by atoms with Crippen molar-refractivity contribution in [1.82, 2.24) is 0 Å². The lowest BCUT2D eigenvalue weighted by molar-refractivity contribution is -0.136. The molecule has 0 aliphatic rings. The zero-order valence-corrected chi connectivity index (χ0v) is 9.71. The summed E-state index contributed by atoms with van der Waals surface area (Å²) in [7, 11) is 0. The third-order valence-corrected chi connectivity index (χ3v) is 2.63. The highest BCUT2D eigenvalue weighted by atomic mass is 79.9. The largest absolute Gasteiger partial charge is 0.481 e. The van der Waals surface area contributed by atoms with Crippen LogP contribution in [0, 0.1) is 17.1 Å². The molecule has 0 atom stereocenters. The molecular weight excluding hydrogens is 279 g/mol. The zero-order chi connectivity index (χ0) is 12.1. The van der Waals surface area contributed by atoms with Crippen molar-refractivity contribution in [3.63, 3.8) is 0 Å². The van der Waals surface area contributed by atoms with Gasteiger partial charge in [-0.05, 0) is 28.1 Å². The Morgan fingerprint density at radius 1 is 1.62 bits per heavy atom. The molecule has 6 heteroatoms. The van der Waals surface area contributed by atoms with Gasteiger partial charge in [-0.1, -0.05) is 0 Å². The van der Waals surface area contributed by atoms with Crippen molar-refractivity contribution in [3.05, 3.63) is 28.0 Å². The van der Waals surface area contributed by atoms with Crippen molar-refractivity contribution in [2.45, 2.75) is 6.42 Å². The van der Waals surface area contributed by atoms with Crippen LogP contribution in [0.25, 0.3) is 0 Å². The number of halogens is 2. The van der Waals surface area contributed by atoms with Gasteiger partial charge in [-0.2, -0.15) is 5.26 Å². The Morgan fingerprint density at radius 3 is 2.88 bits per heavy atom. The molecule has 0 amide bonds. The number of nitrogens with zero attached hydrogens (tertiary/aromatic N) is 1. The van der Waals surface area contributed by atoms with E-state index in [2.05, 4.69) is 21.2 Å². The number of carboxylic acids is 1. The van der Waals surface area contributed by atoms with Gasteiger partial charge in [0, 0.05) is 6.54 Å². The van der Waals surface area contributed by atoms with Gasteiger partial charge in [-0.25, -0.2) is 4.39 Å². The molecule has 0 aromatic heterocycles. The second-order valence-electron chi connectivity index (χ2n) is 2.97. The van der Waals surface area contributed by atoms with Crippen molar-refractivity contribution < 1.29 is 14.3 Å². The van der Waals surface area contributed by atoms with E-state index in [0.29, 0.717) is 0 Å². The molecule has 0 radical (unpaired) electrons. The molecule has 0 saturated heterocycles. The van der Waals surface area contributed by atoms with E-state index in [1.54, 1.807) is 0 Å². The number of hydrogen-bond donors (Lipinski definition) is 2. The van der Waals surface area contributed by atoms with Gasteiger partial charge in [0.05, 0.1) is 22.1 Å². The molecule has 0 bridgehead atoms. The highest BCUT2D eigenvalue weighted by Gasteiger charge is 2.10. The highest BCUT2D eigenvalue weighted by molar-refractivity contribution is 9.10. The second kappa shape index (κ2) is 5.47. The summed E-state index contributed by atoms with van der Waals surface area (Å²) >= 11 is 2.96. The van der Waals surface area contributed by atoms with E-state index < -0.39 is 11.8 Å². The minimum atomic E-state index is -0.958. The molecule has 0 saturated carbocycles. The number of hydrogen-bond acceptors (Lipinski definition) is 3. The van der Waals surface area contributed by atoms with Crippen molar-refractivity contribution in [1.29, 1.82) is 5.26 Å². The number of nitriles is 1. The van der Waals surface area contributed by atoms with Gasteiger partial charge in [-0.3, -0.25) is 4.79 Å². The molecule has 4 nitrogen and oxygen atoms in total. The first-order valence-electron chi connectivity index (χ1n) is 4.40. The normalized spacial score (nSPS) is 9.56. The lowest BCUT2D eigenvalue weighted by atomic mass is 10.2. The molecule has 1 aromatic rings. The van der Waals surface area contributed by atoms with Gasteiger partial charge in [0.2, 0.25) is 0 Å². The predicted molar refractivity (Wildman–Crippen MR) is 59.6 cm³/mol. The predicted octanol–water partition coefficient (Wildman–Crippen LogP) is 2.35. The summed E-state index contributed by atoms with van der Waals surface area (Å²) in [4.78, 5) is 10.3. The fraction of sp³-hybridized carbons (Fsp3) is 0.200. The zero-order valence-electron chi connectivity index (χ0n) is 8.13. The number of benzene rings is 1. The second-order valence-corrected chi connectivity index (χ2v) is 3.76. The molecule has 84 valence electrons. The first-order chi connectivity index (χ1) is 7.56. The molecule has 0 heterocycles. The molecule has 16 heavy (non-hydrogen) atoms. The van der Waals surface area contributed by atoms with Crippen LogP contribution in [-0.2, 0) is 4.79 Å². The summed E-state index contributed by atoms with van der Waals surface area (Å²) in [5.41, 5.74) is 0.369. The fourth-order valence-corrected chi connectivity index (χ4v) is 1.51. The van der Waals surface area contributed by atoms with Crippen LogP contribution in [0.15, 0.2) is 16.6 Å². The maximum absolute atomic E-state index is 13.6. The number of carbonyl (C=O) groups is 1. The van der Waals surface area contributed by atoms with E-state index in [-0.39, 0.29) is 28.7 Å². The van der Waals surface area contributed by atoms with Crippen molar-refractivity contribution in [3.8, 4) is 6.07 Å². The van der Waals surface area contributed by atoms with Crippen LogP contribution < -0.4 is 5.32 Å². The highest BCUT2D eigenvalue weighted by Crippen LogP contribution is 2.26. The maximum atomic E-state index is 13.6. The van der Waals surface area contributed by atoms with Crippen molar-refractivity contribution in [2.24, 2.45) is 0 Å². The fourth-order valence-electron chi connectivity index (χ4n) is 1.08. The summed E-state index contributed by atoms with van der Waals surface area (Å²) in [6.45, 7) is 0.130. The molecule has 0 unspecified atom stereocenters. The van der Waals surface area contributed by atoms with Gasteiger partial charge in [0.1, 0.15) is 6.07 Å². The Bertz CT molecular complexity index is 457. The summed E-state index contributed by atoms with van der Waals surface area (Å²) < 4.78 is 13.6. The van der Waals surface area contributed by atoms with Crippen LogP contribution in [0.4, 0.5) is 10.1 Å². The molecule has 0 spiro atoms. The molecular formula is C10H8BrFN2O2. The number of anilines is 1. The average Bonchev–Trinajstić information content (AvgIpc) is 2.24. The number of aliphatic carboxylic acids is 1. The number of carboxylic acid groups (broad SMARTS) is 1.